The van der Waals surface area contributed by atoms with Gasteiger partial charge in [-0.2, -0.15) is 5.26 Å². The minimum Gasteiger partial charge on any atom is -0.361 e. The van der Waals surface area contributed by atoms with Crippen LogP contribution in [0.4, 0.5) is 0 Å². The molecule has 0 spiro atoms. The van der Waals surface area contributed by atoms with Gasteiger partial charge in [-0.1, -0.05) is 18.2 Å². The molecule has 1 aromatic carbocycles. The third-order valence-electron chi connectivity index (χ3n) is 3.55. The average molecular weight is 275 g/mol. The second kappa shape index (κ2) is 5.14. The van der Waals surface area contributed by atoms with Crippen molar-refractivity contribution in [3.63, 3.8) is 0 Å². The molecule has 0 radical (unpaired) electrons. The number of nitrogens with zero attached hydrogens (tertiary/aromatic N) is 1. The molecule has 102 valence electrons. The van der Waals surface area contributed by atoms with E-state index in [0.717, 1.165) is 16.6 Å². The minimum absolute atomic E-state index is 0.155. The lowest BCUT2D eigenvalue weighted by Gasteiger charge is -2.03. The van der Waals surface area contributed by atoms with Crippen molar-refractivity contribution in [3.05, 3.63) is 65.6 Å². The van der Waals surface area contributed by atoms with Gasteiger partial charge in [0.2, 0.25) is 5.78 Å². The molecular weight excluding hydrogens is 262 g/mol. The number of aromatic nitrogens is 2. The molecule has 0 atom stereocenters. The molecule has 0 fully saturated rings. The Morgan fingerprint density at radius 1 is 1.14 bits per heavy atom. The summed E-state index contributed by atoms with van der Waals surface area (Å²) < 4.78 is 0. The van der Waals surface area contributed by atoms with Crippen molar-refractivity contribution in [2.45, 2.75) is 6.92 Å². The number of ketones is 1. The molecule has 0 unspecified atom stereocenters. The number of H-pyrrole nitrogens is 2. The molecule has 3 aromatic rings. The summed E-state index contributed by atoms with van der Waals surface area (Å²) in [7, 11) is 0. The van der Waals surface area contributed by atoms with E-state index in [-0.39, 0.29) is 11.4 Å². The number of fused-ring (bicyclic) bond motifs is 1. The smallest absolute Gasteiger partial charge is 0.206 e. The number of carbonyl (C=O) groups is 1. The van der Waals surface area contributed by atoms with Gasteiger partial charge in [-0.25, -0.2) is 0 Å². The number of carbonyl (C=O) groups excluding carboxylic acids is 1. The van der Waals surface area contributed by atoms with Crippen LogP contribution in [0.25, 0.3) is 16.5 Å². The van der Waals surface area contributed by atoms with Crippen LogP contribution in [-0.4, -0.2) is 15.8 Å². The van der Waals surface area contributed by atoms with Crippen LogP contribution in [0.3, 0.4) is 0 Å². The fourth-order valence-corrected chi connectivity index (χ4v) is 2.40. The number of hydrogen-bond acceptors (Lipinski definition) is 2. The molecule has 0 aliphatic rings. The van der Waals surface area contributed by atoms with Crippen LogP contribution in [0.1, 0.15) is 23.0 Å². The number of nitrogens with one attached hydrogen (secondary N) is 2. The quantitative estimate of drug-likeness (QED) is 0.435. The Morgan fingerprint density at radius 3 is 2.67 bits per heavy atom. The molecular formula is C17H13N3O. The fraction of sp³-hybridized carbons (Fsp3) is 0.0588. The van der Waals surface area contributed by atoms with Crippen LogP contribution in [0, 0.1) is 11.3 Å². The Kier molecular flexibility index (Phi) is 3.17. The van der Waals surface area contributed by atoms with E-state index in [1.165, 1.54) is 0 Å². The lowest BCUT2D eigenvalue weighted by molar-refractivity contribution is 0.104. The van der Waals surface area contributed by atoms with Crippen molar-refractivity contribution in [1.29, 1.82) is 5.26 Å². The van der Waals surface area contributed by atoms with Crippen LogP contribution in [-0.2, 0) is 0 Å². The first-order valence-electron chi connectivity index (χ1n) is 6.58. The van der Waals surface area contributed by atoms with E-state index in [2.05, 4.69) is 9.97 Å². The predicted octanol–water partition coefficient (Wildman–Crippen LogP) is 3.68. The molecule has 0 aliphatic carbocycles. The van der Waals surface area contributed by atoms with Crippen LogP contribution in [0.15, 0.2) is 54.4 Å². The second-order valence-corrected chi connectivity index (χ2v) is 4.77. The summed E-state index contributed by atoms with van der Waals surface area (Å²) in [5.74, 6) is -0.262. The summed E-state index contributed by atoms with van der Waals surface area (Å²) in [4.78, 5) is 18.8. The van der Waals surface area contributed by atoms with Gasteiger partial charge in [0, 0.05) is 34.6 Å². The van der Waals surface area contributed by atoms with E-state index in [4.69, 9.17) is 0 Å². The number of rotatable bonds is 3. The van der Waals surface area contributed by atoms with E-state index in [9.17, 15) is 10.1 Å². The first-order chi connectivity index (χ1) is 10.2. The van der Waals surface area contributed by atoms with Gasteiger partial charge in [-0.3, -0.25) is 4.79 Å². The van der Waals surface area contributed by atoms with Crippen molar-refractivity contribution in [2.24, 2.45) is 0 Å². The number of para-hydroxylation sites is 1. The lowest BCUT2D eigenvalue weighted by atomic mass is 9.98. The number of benzene rings is 1. The third-order valence-corrected chi connectivity index (χ3v) is 3.55. The highest BCUT2D eigenvalue weighted by Crippen LogP contribution is 2.24. The van der Waals surface area contributed by atoms with Crippen molar-refractivity contribution in [3.8, 4) is 6.07 Å². The monoisotopic (exact) mass is 275 g/mol. The Hall–Kier alpha value is -3.06. The normalized spacial score (nSPS) is 12.0. The average Bonchev–Trinajstić information content (AvgIpc) is 3.17. The number of aromatic amines is 2. The topological polar surface area (TPSA) is 72.4 Å². The molecule has 0 amide bonds. The molecule has 4 nitrogen and oxygen atoms in total. The highest BCUT2D eigenvalue weighted by molar-refractivity contribution is 6.20. The summed E-state index contributed by atoms with van der Waals surface area (Å²) in [6.45, 7) is 1.77. The van der Waals surface area contributed by atoms with E-state index in [0.29, 0.717) is 11.1 Å². The summed E-state index contributed by atoms with van der Waals surface area (Å²) in [5.41, 5.74) is 2.99. The Morgan fingerprint density at radius 2 is 1.95 bits per heavy atom. The minimum atomic E-state index is -0.262. The van der Waals surface area contributed by atoms with Gasteiger partial charge in [0.1, 0.15) is 11.6 Å². The van der Waals surface area contributed by atoms with Gasteiger partial charge in [0.05, 0.1) is 0 Å². The Labute approximate surface area is 121 Å². The van der Waals surface area contributed by atoms with Crippen molar-refractivity contribution in [1.82, 2.24) is 9.97 Å². The Balaban J connectivity index is 2.13. The number of nitriles is 1. The van der Waals surface area contributed by atoms with Crippen LogP contribution in [0.2, 0.25) is 0 Å². The van der Waals surface area contributed by atoms with E-state index >= 15 is 0 Å². The Bertz CT molecular complexity index is 876. The van der Waals surface area contributed by atoms with E-state index in [1.54, 1.807) is 19.3 Å². The maximum absolute atomic E-state index is 12.7. The zero-order valence-electron chi connectivity index (χ0n) is 11.5. The van der Waals surface area contributed by atoms with Crippen molar-refractivity contribution in [2.75, 3.05) is 0 Å². The lowest BCUT2D eigenvalue weighted by Crippen LogP contribution is -2.03. The largest absolute Gasteiger partial charge is 0.361 e. The number of allylic oxidation sites excluding steroid dienone is 2. The molecule has 21 heavy (non-hydrogen) atoms. The molecule has 2 heterocycles. The SMILES string of the molecule is C/C(=C(/C#N)C(=O)c1c[nH]c2ccccc12)c1ccc[nH]1. The summed E-state index contributed by atoms with van der Waals surface area (Å²) in [6, 6.07) is 13.3. The van der Waals surface area contributed by atoms with Gasteiger partial charge in [0.15, 0.2) is 0 Å². The van der Waals surface area contributed by atoms with E-state index < -0.39 is 0 Å². The van der Waals surface area contributed by atoms with Gasteiger partial charge < -0.3 is 9.97 Å². The van der Waals surface area contributed by atoms with Crippen LogP contribution < -0.4 is 0 Å². The zero-order valence-corrected chi connectivity index (χ0v) is 11.5. The van der Waals surface area contributed by atoms with Gasteiger partial charge in [-0.05, 0) is 30.7 Å². The summed E-state index contributed by atoms with van der Waals surface area (Å²) in [6.07, 6.45) is 3.43. The van der Waals surface area contributed by atoms with Gasteiger partial charge in [0.25, 0.3) is 0 Å². The zero-order chi connectivity index (χ0) is 14.8. The highest BCUT2D eigenvalue weighted by Gasteiger charge is 2.19. The first kappa shape index (κ1) is 12.9. The number of Topliss-reactive ketones (excluding diaryl/α,β-unsaturated/α-hetero) is 1. The van der Waals surface area contributed by atoms with Crippen molar-refractivity contribution >= 4 is 22.3 Å². The third kappa shape index (κ3) is 2.15. The van der Waals surface area contributed by atoms with Crippen LogP contribution in [0.5, 0.6) is 0 Å². The summed E-state index contributed by atoms with van der Waals surface area (Å²) >= 11 is 0. The number of hydrogen-bond donors (Lipinski definition) is 2. The molecule has 4 heteroatoms. The van der Waals surface area contributed by atoms with E-state index in [1.807, 2.05) is 42.5 Å². The maximum Gasteiger partial charge on any atom is 0.206 e. The second-order valence-electron chi connectivity index (χ2n) is 4.77. The molecule has 0 saturated heterocycles. The standard InChI is InChI=1S/C17H13N3O/c1-11(15-7-4-8-19-15)13(9-18)17(21)14-10-20-16-6-3-2-5-12(14)16/h2-8,10,19-20H,1H3/b13-11+. The molecule has 0 aliphatic heterocycles. The molecule has 2 N–H and O–H groups in total. The van der Waals surface area contributed by atoms with Gasteiger partial charge >= 0.3 is 0 Å². The molecule has 0 bridgehead atoms. The molecule has 2 aromatic heterocycles. The van der Waals surface area contributed by atoms with Gasteiger partial charge in [-0.15, -0.1) is 0 Å². The first-order valence-corrected chi connectivity index (χ1v) is 6.58. The molecule has 0 saturated carbocycles. The summed E-state index contributed by atoms with van der Waals surface area (Å²) in [5, 5.41) is 10.2. The van der Waals surface area contributed by atoms with Crippen molar-refractivity contribution < 1.29 is 4.79 Å². The van der Waals surface area contributed by atoms with Crippen LogP contribution >= 0.6 is 0 Å². The fourth-order valence-electron chi connectivity index (χ4n) is 2.40. The predicted molar refractivity (Wildman–Crippen MR) is 81.6 cm³/mol. The molecule has 3 rings (SSSR count). The highest BCUT2D eigenvalue weighted by atomic mass is 16.1. The maximum atomic E-state index is 12.7.